The predicted octanol–water partition coefficient (Wildman–Crippen LogP) is 1.79. The van der Waals surface area contributed by atoms with Crippen LogP contribution in [0.2, 0.25) is 0 Å². The number of ether oxygens (including phenoxy) is 2. The summed E-state index contributed by atoms with van der Waals surface area (Å²) < 4.78 is 11.7. The molecule has 2 rings (SSSR count). The number of hydrogen-bond acceptors (Lipinski definition) is 4. The Morgan fingerprint density at radius 2 is 2.04 bits per heavy atom. The first kappa shape index (κ1) is 21.9. The van der Waals surface area contributed by atoms with Crippen molar-refractivity contribution in [2.24, 2.45) is 4.99 Å². The monoisotopic (exact) mass is 454 g/mol. The summed E-state index contributed by atoms with van der Waals surface area (Å²) in [7, 11) is 1.86. The molecule has 2 saturated heterocycles. The van der Waals surface area contributed by atoms with Crippen LogP contribution in [0.15, 0.2) is 4.99 Å². The minimum Gasteiger partial charge on any atom is -0.375 e. The van der Waals surface area contributed by atoms with Gasteiger partial charge in [0, 0.05) is 45.9 Å². The number of likely N-dealkylation sites (N-methyl/N-ethyl adjacent to an activating group) is 1. The smallest absolute Gasteiger partial charge is 0.193 e. The van der Waals surface area contributed by atoms with Crippen LogP contribution in [0, 0.1) is 0 Å². The minimum absolute atomic E-state index is 0. The molecule has 24 heavy (non-hydrogen) atoms. The van der Waals surface area contributed by atoms with Crippen LogP contribution in [-0.4, -0.2) is 87.0 Å². The highest BCUT2D eigenvalue weighted by Gasteiger charge is 2.32. The molecule has 0 aliphatic carbocycles. The zero-order chi connectivity index (χ0) is 16.7. The molecule has 142 valence electrons. The van der Waals surface area contributed by atoms with Gasteiger partial charge in [-0.25, -0.2) is 0 Å². The Morgan fingerprint density at radius 1 is 1.29 bits per heavy atom. The number of nitrogens with one attached hydrogen (secondary N) is 1. The second kappa shape index (κ2) is 11.5. The van der Waals surface area contributed by atoms with Crippen molar-refractivity contribution in [1.82, 2.24) is 15.1 Å². The molecule has 2 aliphatic rings. The fourth-order valence-electron chi connectivity index (χ4n) is 3.41. The number of morpholine rings is 1. The lowest BCUT2D eigenvalue weighted by atomic mass is 10.1. The van der Waals surface area contributed by atoms with E-state index in [1.807, 2.05) is 7.05 Å². The summed E-state index contributed by atoms with van der Waals surface area (Å²) in [5, 5.41) is 3.51. The van der Waals surface area contributed by atoms with Gasteiger partial charge in [-0.15, -0.1) is 24.0 Å². The molecular weight excluding hydrogens is 419 g/mol. The molecule has 1 N–H and O–H groups in total. The first-order valence-electron chi connectivity index (χ1n) is 9.08. The van der Waals surface area contributed by atoms with Crippen LogP contribution in [-0.2, 0) is 9.47 Å². The third-order valence-electron chi connectivity index (χ3n) is 4.80. The van der Waals surface area contributed by atoms with Gasteiger partial charge in [-0.1, -0.05) is 6.92 Å². The van der Waals surface area contributed by atoms with Gasteiger partial charge in [0.25, 0.3) is 0 Å². The highest BCUT2D eigenvalue weighted by Crippen LogP contribution is 2.20. The summed E-state index contributed by atoms with van der Waals surface area (Å²) in [4.78, 5) is 9.22. The van der Waals surface area contributed by atoms with Crippen molar-refractivity contribution in [3.05, 3.63) is 0 Å². The summed E-state index contributed by atoms with van der Waals surface area (Å²) >= 11 is 0. The summed E-state index contributed by atoms with van der Waals surface area (Å²) in [6.45, 7) is 13.1. The van der Waals surface area contributed by atoms with E-state index in [0.29, 0.717) is 6.04 Å². The Morgan fingerprint density at radius 3 is 2.62 bits per heavy atom. The largest absolute Gasteiger partial charge is 0.375 e. The van der Waals surface area contributed by atoms with Gasteiger partial charge in [0.05, 0.1) is 12.7 Å². The maximum Gasteiger partial charge on any atom is 0.193 e. The van der Waals surface area contributed by atoms with Crippen LogP contribution in [0.1, 0.15) is 33.6 Å². The number of halogens is 1. The lowest BCUT2D eigenvalue weighted by Crippen LogP contribution is -2.54. The zero-order valence-corrected chi connectivity index (χ0v) is 18.0. The summed E-state index contributed by atoms with van der Waals surface area (Å²) in [5.74, 6) is 0.983. The lowest BCUT2D eigenvalue weighted by molar-refractivity contribution is -0.0817. The van der Waals surface area contributed by atoms with E-state index in [-0.39, 0.29) is 36.2 Å². The summed E-state index contributed by atoms with van der Waals surface area (Å²) in [6, 6.07) is 0.580. The van der Waals surface area contributed by atoms with Crippen molar-refractivity contribution in [1.29, 1.82) is 0 Å². The Labute approximate surface area is 164 Å². The van der Waals surface area contributed by atoms with E-state index in [2.05, 4.69) is 40.9 Å². The van der Waals surface area contributed by atoms with Crippen LogP contribution in [0.3, 0.4) is 0 Å². The molecule has 2 heterocycles. The molecule has 7 heteroatoms. The van der Waals surface area contributed by atoms with Gasteiger partial charge in [-0.2, -0.15) is 0 Å². The summed E-state index contributed by atoms with van der Waals surface area (Å²) in [5.41, 5.74) is 0. The molecule has 2 unspecified atom stereocenters. The first-order chi connectivity index (χ1) is 11.2. The van der Waals surface area contributed by atoms with E-state index >= 15 is 0 Å². The van der Waals surface area contributed by atoms with E-state index in [4.69, 9.17) is 9.47 Å². The Kier molecular flexibility index (Phi) is 10.5. The van der Waals surface area contributed by atoms with Gasteiger partial charge < -0.3 is 19.7 Å². The van der Waals surface area contributed by atoms with Crippen LogP contribution in [0.4, 0.5) is 0 Å². The number of nitrogens with zero attached hydrogens (tertiary/aromatic N) is 3. The predicted molar refractivity (Wildman–Crippen MR) is 109 cm³/mol. The number of guanidine groups is 1. The van der Waals surface area contributed by atoms with Gasteiger partial charge in [-0.05, 0) is 33.2 Å². The molecule has 0 aromatic carbocycles. The second-order valence-corrected chi connectivity index (χ2v) is 6.60. The Balaban J connectivity index is 0.00000288. The Hall–Kier alpha value is -0.120. The van der Waals surface area contributed by atoms with Gasteiger partial charge in [-0.3, -0.25) is 9.89 Å². The average molecular weight is 454 g/mol. The standard InChI is InChI=1S/C17H34N4O2.HI/c1-5-20(14(2)3)9-8-19-17(18-4)21-10-12-23-16(13-21)15-7-6-11-22-15;/h14-16H,5-13H2,1-4H3,(H,18,19);1H. The highest BCUT2D eigenvalue weighted by molar-refractivity contribution is 14.0. The molecule has 2 aliphatic heterocycles. The van der Waals surface area contributed by atoms with Gasteiger partial charge in [0.15, 0.2) is 5.96 Å². The second-order valence-electron chi connectivity index (χ2n) is 6.60. The lowest BCUT2D eigenvalue weighted by Gasteiger charge is -2.37. The van der Waals surface area contributed by atoms with Crippen molar-refractivity contribution in [2.45, 2.75) is 51.9 Å². The van der Waals surface area contributed by atoms with Crippen LogP contribution in [0.5, 0.6) is 0 Å². The first-order valence-corrected chi connectivity index (χ1v) is 9.08. The molecule has 0 amide bonds. The molecule has 6 nitrogen and oxygen atoms in total. The molecular formula is C17H35IN4O2. The summed E-state index contributed by atoms with van der Waals surface area (Å²) in [6.07, 6.45) is 2.70. The maximum atomic E-state index is 5.92. The number of hydrogen-bond donors (Lipinski definition) is 1. The molecule has 0 saturated carbocycles. The van der Waals surface area contributed by atoms with E-state index in [1.165, 1.54) is 0 Å². The molecule has 0 aromatic rings. The van der Waals surface area contributed by atoms with E-state index in [1.54, 1.807) is 0 Å². The molecule has 0 spiro atoms. The normalized spacial score (nSPS) is 25.2. The van der Waals surface area contributed by atoms with Gasteiger partial charge in [0.2, 0.25) is 0 Å². The maximum absolute atomic E-state index is 5.92. The topological polar surface area (TPSA) is 49.3 Å². The van der Waals surface area contributed by atoms with Crippen LogP contribution in [0.25, 0.3) is 0 Å². The molecule has 0 radical (unpaired) electrons. The Bertz CT molecular complexity index is 376. The fourth-order valence-corrected chi connectivity index (χ4v) is 3.41. The minimum atomic E-state index is 0. The zero-order valence-electron chi connectivity index (χ0n) is 15.7. The van der Waals surface area contributed by atoms with Crippen molar-refractivity contribution in [3.8, 4) is 0 Å². The number of rotatable bonds is 6. The van der Waals surface area contributed by atoms with E-state index < -0.39 is 0 Å². The average Bonchev–Trinajstić information content (AvgIpc) is 3.09. The third kappa shape index (κ3) is 6.31. The van der Waals surface area contributed by atoms with Crippen molar-refractivity contribution >= 4 is 29.9 Å². The van der Waals surface area contributed by atoms with Crippen LogP contribution >= 0.6 is 24.0 Å². The molecule has 0 bridgehead atoms. The van der Waals surface area contributed by atoms with Crippen molar-refractivity contribution in [3.63, 3.8) is 0 Å². The fraction of sp³-hybridized carbons (Fsp3) is 0.941. The van der Waals surface area contributed by atoms with Crippen molar-refractivity contribution < 1.29 is 9.47 Å². The third-order valence-corrected chi connectivity index (χ3v) is 4.80. The highest BCUT2D eigenvalue weighted by atomic mass is 127. The van der Waals surface area contributed by atoms with E-state index in [0.717, 1.165) is 64.7 Å². The van der Waals surface area contributed by atoms with Crippen molar-refractivity contribution in [2.75, 3.05) is 53.0 Å². The van der Waals surface area contributed by atoms with E-state index in [9.17, 15) is 0 Å². The molecule has 0 aromatic heterocycles. The quantitative estimate of drug-likeness (QED) is 0.377. The van der Waals surface area contributed by atoms with Gasteiger partial charge in [0.1, 0.15) is 6.10 Å². The molecule has 2 fully saturated rings. The number of aliphatic imine (C=N–C) groups is 1. The SMILES string of the molecule is CCN(CCNC(=NC)N1CCOC(C2CCCO2)C1)C(C)C.I. The molecule has 2 atom stereocenters. The van der Waals surface area contributed by atoms with Crippen LogP contribution < -0.4 is 5.32 Å². The van der Waals surface area contributed by atoms with Gasteiger partial charge >= 0.3 is 0 Å².